The summed E-state index contributed by atoms with van der Waals surface area (Å²) in [7, 11) is -3.33. The van der Waals surface area contributed by atoms with Crippen molar-refractivity contribution in [3.63, 3.8) is 0 Å². The molecule has 2 aromatic carbocycles. The second-order valence-electron chi connectivity index (χ2n) is 7.24. The van der Waals surface area contributed by atoms with Gasteiger partial charge in [0, 0.05) is 22.6 Å². The van der Waals surface area contributed by atoms with Crippen LogP contribution in [0.5, 0.6) is 0 Å². The van der Waals surface area contributed by atoms with Crippen molar-refractivity contribution in [1.29, 1.82) is 0 Å². The fourth-order valence-corrected chi connectivity index (χ4v) is 5.27. The van der Waals surface area contributed by atoms with Crippen molar-refractivity contribution in [2.45, 2.75) is 38.1 Å². The molecular formula is C21H23FN2O2S. The van der Waals surface area contributed by atoms with E-state index in [9.17, 15) is 12.8 Å². The quantitative estimate of drug-likeness (QED) is 0.678. The highest BCUT2D eigenvalue weighted by Gasteiger charge is 2.25. The van der Waals surface area contributed by atoms with Crippen molar-refractivity contribution >= 4 is 20.9 Å². The fraction of sp³-hybridized carbons (Fsp3) is 0.333. The van der Waals surface area contributed by atoms with E-state index in [1.165, 1.54) is 12.1 Å². The molecule has 27 heavy (non-hydrogen) atoms. The van der Waals surface area contributed by atoms with E-state index < -0.39 is 10.0 Å². The Labute approximate surface area is 158 Å². The summed E-state index contributed by atoms with van der Waals surface area (Å²) in [6.45, 7) is 0. The van der Waals surface area contributed by atoms with Crippen molar-refractivity contribution in [2.24, 2.45) is 0 Å². The maximum Gasteiger partial charge on any atom is 0.211 e. The highest BCUT2D eigenvalue weighted by Crippen LogP contribution is 2.30. The van der Waals surface area contributed by atoms with Gasteiger partial charge in [-0.05, 0) is 61.4 Å². The summed E-state index contributed by atoms with van der Waals surface area (Å²) in [6, 6.07) is 14.5. The molecule has 1 unspecified atom stereocenters. The summed E-state index contributed by atoms with van der Waals surface area (Å²) < 4.78 is 41.4. The second-order valence-corrected chi connectivity index (χ2v) is 9.11. The number of nitrogens with one attached hydrogen (secondary N) is 2. The van der Waals surface area contributed by atoms with E-state index in [1.807, 2.05) is 30.3 Å². The summed E-state index contributed by atoms with van der Waals surface area (Å²) in [5.41, 5.74) is 4.19. The van der Waals surface area contributed by atoms with Gasteiger partial charge in [-0.2, -0.15) is 0 Å². The van der Waals surface area contributed by atoms with E-state index in [4.69, 9.17) is 0 Å². The van der Waals surface area contributed by atoms with Gasteiger partial charge in [-0.15, -0.1) is 0 Å². The zero-order valence-corrected chi connectivity index (χ0v) is 15.9. The first kappa shape index (κ1) is 18.2. The standard InChI is InChI=1S/C21H23FN2O2S/c22-16-8-10-20-18(13-16)19-14-17(9-11-21(19)23-20)24-27(25,26)12-4-7-15-5-2-1-3-6-15/h1-3,5-6,8,10,13,17,23-24H,4,7,9,11-12,14H2. The van der Waals surface area contributed by atoms with Crippen LogP contribution in [0, 0.1) is 5.82 Å². The van der Waals surface area contributed by atoms with E-state index >= 15 is 0 Å². The minimum Gasteiger partial charge on any atom is -0.358 e. The van der Waals surface area contributed by atoms with Crippen LogP contribution >= 0.6 is 0 Å². The van der Waals surface area contributed by atoms with E-state index in [0.717, 1.165) is 47.0 Å². The lowest BCUT2D eigenvalue weighted by Gasteiger charge is -2.23. The summed E-state index contributed by atoms with van der Waals surface area (Å²) in [4.78, 5) is 3.34. The molecule has 0 saturated heterocycles. The maximum atomic E-state index is 13.6. The first-order valence-electron chi connectivity index (χ1n) is 9.33. The molecule has 0 saturated carbocycles. The third-order valence-corrected chi connectivity index (χ3v) is 6.74. The minimum absolute atomic E-state index is 0.119. The number of fused-ring (bicyclic) bond motifs is 3. The van der Waals surface area contributed by atoms with Crippen LogP contribution in [0.4, 0.5) is 4.39 Å². The lowest BCUT2D eigenvalue weighted by molar-refractivity contribution is 0.505. The molecule has 142 valence electrons. The number of aromatic amines is 1. The predicted octanol–water partition coefficient (Wildman–Crippen LogP) is 3.72. The molecule has 4 rings (SSSR count). The summed E-state index contributed by atoms with van der Waals surface area (Å²) >= 11 is 0. The van der Waals surface area contributed by atoms with Crippen LogP contribution in [0.3, 0.4) is 0 Å². The Morgan fingerprint density at radius 3 is 2.78 bits per heavy atom. The van der Waals surface area contributed by atoms with Crippen LogP contribution in [0.2, 0.25) is 0 Å². The zero-order valence-electron chi connectivity index (χ0n) is 15.0. The Morgan fingerprint density at radius 2 is 1.96 bits per heavy atom. The molecule has 4 nitrogen and oxygen atoms in total. The first-order valence-corrected chi connectivity index (χ1v) is 11.0. The van der Waals surface area contributed by atoms with Gasteiger partial charge in [0.15, 0.2) is 0 Å². The van der Waals surface area contributed by atoms with Crippen LogP contribution in [-0.2, 0) is 29.3 Å². The molecule has 2 N–H and O–H groups in total. The van der Waals surface area contributed by atoms with Crippen LogP contribution in [0.15, 0.2) is 48.5 Å². The van der Waals surface area contributed by atoms with Crippen LogP contribution in [0.1, 0.15) is 29.7 Å². The molecule has 1 aliphatic carbocycles. The number of halogens is 1. The van der Waals surface area contributed by atoms with E-state index in [2.05, 4.69) is 9.71 Å². The number of sulfonamides is 1. The topological polar surface area (TPSA) is 62.0 Å². The molecule has 0 bridgehead atoms. The van der Waals surface area contributed by atoms with Crippen molar-refractivity contribution in [1.82, 2.24) is 9.71 Å². The van der Waals surface area contributed by atoms with Crippen LogP contribution in [-0.4, -0.2) is 25.2 Å². The van der Waals surface area contributed by atoms with Crippen molar-refractivity contribution < 1.29 is 12.8 Å². The Kier molecular flexibility index (Phi) is 5.02. The van der Waals surface area contributed by atoms with Crippen molar-refractivity contribution in [3.05, 3.63) is 71.2 Å². The van der Waals surface area contributed by atoms with Crippen LogP contribution in [0.25, 0.3) is 10.9 Å². The molecule has 1 aromatic heterocycles. The normalized spacial score (nSPS) is 17.1. The van der Waals surface area contributed by atoms with E-state index in [0.29, 0.717) is 12.8 Å². The van der Waals surface area contributed by atoms with Gasteiger partial charge < -0.3 is 4.98 Å². The van der Waals surface area contributed by atoms with Crippen molar-refractivity contribution in [2.75, 3.05) is 5.75 Å². The van der Waals surface area contributed by atoms with Crippen LogP contribution < -0.4 is 4.72 Å². The molecule has 3 aromatic rings. The third kappa shape index (κ3) is 4.22. The SMILES string of the molecule is O=S(=O)(CCCc1ccccc1)NC1CCc2[nH]c3ccc(F)cc3c2C1. The Bertz CT molecular complexity index is 1040. The van der Waals surface area contributed by atoms with Gasteiger partial charge in [0.25, 0.3) is 0 Å². The molecular weight excluding hydrogens is 363 g/mol. The summed E-state index contributed by atoms with van der Waals surface area (Å²) in [5, 5.41) is 0.859. The average Bonchev–Trinajstić information content (AvgIpc) is 2.99. The molecule has 0 spiro atoms. The van der Waals surface area contributed by atoms with Crippen molar-refractivity contribution in [3.8, 4) is 0 Å². The third-order valence-electron chi connectivity index (χ3n) is 5.22. The lowest BCUT2D eigenvalue weighted by Crippen LogP contribution is -2.40. The molecule has 6 heteroatoms. The smallest absolute Gasteiger partial charge is 0.211 e. The zero-order chi connectivity index (χ0) is 18.9. The van der Waals surface area contributed by atoms with Gasteiger partial charge in [0.05, 0.1) is 5.75 Å². The fourth-order valence-electron chi connectivity index (χ4n) is 3.91. The van der Waals surface area contributed by atoms with Gasteiger partial charge in [0.1, 0.15) is 5.82 Å². The number of hydrogen-bond acceptors (Lipinski definition) is 2. The molecule has 0 aliphatic heterocycles. The monoisotopic (exact) mass is 386 g/mol. The van der Waals surface area contributed by atoms with Gasteiger partial charge >= 0.3 is 0 Å². The Morgan fingerprint density at radius 1 is 1.15 bits per heavy atom. The first-order chi connectivity index (χ1) is 13.0. The van der Waals surface area contributed by atoms with E-state index in [1.54, 1.807) is 6.07 Å². The van der Waals surface area contributed by atoms with E-state index in [-0.39, 0.29) is 17.6 Å². The summed E-state index contributed by atoms with van der Waals surface area (Å²) in [5.74, 6) is -0.152. The van der Waals surface area contributed by atoms with Gasteiger partial charge in [0.2, 0.25) is 10.0 Å². The number of rotatable bonds is 6. The molecule has 1 aliphatic rings. The number of aromatic nitrogens is 1. The number of H-pyrrole nitrogens is 1. The minimum atomic E-state index is -3.33. The average molecular weight is 386 g/mol. The Balaban J connectivity index is 1.40. The number of benzene rings is 2. The predicted molar refractivity (Wildman–Crippen MR) is 106 cm³/mol. The maximum absolute atomic E-state index is 13.6. The molecule has 1 heterocycles. The molecule has 0 radical (unpaired) electrons. The molecule has 0 amide bonds. The van der Waals surface area contributed by atoms with Gasteiger partial charge in [-0.1, -0.05) is 30.3 Å². The van der Waals surface area contributed by atoms with Gasteiger partial charge in [-0.3, -0.25) is 0 Å². The second kappa shape index (κ2) is 7.44. The highest BCUT2D eigenvalue weighted by molar-refractivity contribution is 7.89. The lowest BCUT2D eigenvalue weighted by atomic mass is 9.92. The number of aryl methyl sites for hydroxylation is 2. The Hall–Kier alpha value is -2.18. The van der Waals surface area contributed by atoms with Gasteiger partial charge in [-0.25, -0.2) is 17.5 Å². The molecule has 0 fully saturated rings. The summed E-state index contributed by atoms with van der Waals surface area (Å²) in [6.07, 6.45) is 3.45. The highest BCUT2D eigenvalue weighted by atomic mass is 32.2. The molecule has 1 atom stereocenters. The number of hydrogen-bond donors (Lipinski definition) is 2. The largest absolute Gasteiger partial charge is 0.358 e.